The van der Waals surface area contributed by atoms with Gasteiger partial charge in [-0.25, -0.2) is 26.7 Å². The van der Waals surface area contributed by atoms with E-state index in [2.05, 4.69) is 5.10 Å². The van der Waals surface area contributed by atoms with Crippen LogP contribution < -0.4 is 5.69 Å². The quantitative estimate of drug-likeness (QED) is 0.792. The third-order valence-corrected chi connectivity index (χ3v) is 6.12. The molecule has 7 nitrogen and oxygen atoms in total. The van der Waals surface area contributed by atoms with Crippen molar-refractivity contribution in [2.45, 2.75) is 38.3 Å². The molecule has 1 aromatic carbocycles. The minimum Gasteiger partial charge on any atom is -0.278 e. The highest BCUT2D eigenvalue weighted by atomic mass is 32.2. The van der Waals surface area contributed by atoms with Gasteiger partial charge in [0.2, 0.25) is 10.0 Å². The summed E-state index contributed by atoms with van der Waals surface area (Å²) in [6.07, 6.45) is 0.219. The molecular weight excluding hydrogens is 366 g/mol. The van der Waals surface area contributed by atoms with Crippen molar-refractivity contribution in [3.8, 4) is 0 Å². The first-order valence-corrected chi connectivity index (χ1v) is 9.76. The first kappa shape index (κ1) is 18.7. The van der Waals surface area contributed by atoms with Crippen molar-refractivity contribution in [1.82, 2.24) is 18.7 Å². The minimum absolute atomic E-state index is 0.0153. The van der Waals surface area contributed by atoms with Crippen LogP contribution in [0.2, 0.25) is 0 Å². The summed E-state index contributed by atoms with van der Waals surface area (Å²) >= 11 is 0. The molecule has 2 aromatic rings. The molecule has 1 aliphatic heterocycles. The maximum atomic E-state index is 13.9. The lowest BCUT2D eigenvalue weighted by atomic mass is 10.2. The molecule has 0 aliphatic carbocycles. The van der Waals surface area contributed by atoms with Crippen LogP contribution in [-0.4, -0.2) is 40.2 Å². The smallest absolute Gasteiger partial charge is 0.278 e. The number of hydrogen-bond acceptors (Lipinski definition) is 4. The van der Waals surface area contributed by atoms with Crippen LogP contribution >= 0.6 is 0 Å². The first-order chi connectivity index (χ1) is 12.2. The molecule has 0 radical (unpaired) electrons. The molecule has 0 unspecified atom stereocenters. The summed E-state index contributed by atoms with van der Waals surface area (Å²) in [7, 11) is -4.21. The molecule has 0 saturated carbocycles. The van der Waals surface area contributed by atoms with Gasteiger partial charge in [-0.15, -0.1) is 0 Å². The summed E-state index contributed by atoms with van der Waals surface area (Å²) < 4.78 is 56.6. The zero-order valence-corrected chi connectivity index (χ0v) is 15.3. The monoisotopic (exact) mass is 386 g/mol. The Morgan fingerprint density at radius 3 is 2.62 bits per heavy atom. The molecule has 0 fully saturated rings. The van der Waals surface area contributed by atoms with E-state index < -0.39 is 26.6 Å². The molecule has 0 atom stereocenters. The number of rotatable bonds is 4. The predicted molar refractivity (Wildman–Crippen MR) is 90.1 cm³/mol. The normalized spacial score (nSPS) is 15.9. The fourth-order valence-corrected chi connectivity index (χ4v) is 4.47. The molecule has 0 N–H and O–H groups in total. The second kappa shape index (κ2) is 6.92. The van der Waals surface area contributed by atoms with Crippen molar-refractivity contribution in [3.63, 3.8) is 0 Å². The Bertz CT molecular complexity index is 982. The molecule has 26 heavy (non-hydrogen) atoms. The number of hydrogen-bond donors (Lipinski definition) is 0. The van der Waals surface area contributed by atoms with Crippen LogP contribution in [0.1, 0.15) is 19.7 Å². The summed E-state index contributed by atoms with van der Waals surface area (Å²) in [6.45, 7) is 4.56. The fourth-order valence-electron chi connectivity index (χ4n) is 2.96. The van der Waals surface area contributed by atoms with Crippen LogP contribution in [0.4, 0.5) is 8.78 Å². The van der Waals surface area contributed by atoms with Gasteiger partial charge in [-0.05, 0) is 24.1 Å². The Kier molecular flexibility index (Phi) is 4.98. The van der Waals surface area contributed by atoms with E-state index in [4.69, 9.17) is 0 Å². The Labute approximate surface area is 149 Å². The molecule has 2 heterocycles. The van der Waals surface area contributed by atoms with Crippen molar-refractivity contribution in [1.29, 1.82) is 0 Å². The van der Waals surface area contributed by atoms with Crippen molar-refractivity contribution in [2.75, 3.05) is 13.1 Å². The lowest BCUT2D eigenvalue weighted by Gasteiger charge is -2.20. The van der Waals surface area contributed by atoms with E-state index >= 15 is 0 Å². The molecule has 3 rings (SSSR count). The second-order valence-corrected chi connectivity index (χ2v) is 8.56. The summed E-state index contributed by atoms with van der Waals surface area (Å²) in [5.74, 6) is -1.09. The van der Waals surface area contributed by atoms with Gasteiger partial charge in [0.05, 0.1) is 0 Å². The van der Waals surface area contributed by atoms with Crippen LogP contribution in [0.3, 0.4) is 0 Å². The molecular formula is C16H20F2N4O3S. The van der Waals surface area contributed by atoms with E-state index in [-0.39, 0.29) is 37.7 Å². The van der Waals surface area contributed by atoms with Gasteiger partial charge in [0.1, 0.15) is 22.4 Å². The first-order valence-electron chi connectivity index (χ1n) is 8.32. The molecule has 0 amide bonds. The lowest BCUT2D eigenvalue weighted by molar-refractivity contribution is 0.401. The Morgan fingerprint density at radius 2 is 1.92 bits per heavy atom. The topological polar surface area (TPSA) is 77.2 Å². The molecule has 0 saturated heterocycles. The second-order valence-electron chi connectivity index (χ2n) is 6.66. The maximum absolute atomic E-state index is 13.9. The van der Waals surface area contributed by atoms with Gasteiger partial charge < -0.3 is 0 Å². The highest BCUT2D eigenvalue weighted by Crippen LogP contribution is 2.22. The molecule has 142 valence electrons. The largest absolute Gasteiger partial charge is 0.345 e. The Balaban J connectivity index is 1.87. The zero-order valence-electron chi connectivity index (χ0n) is 14.5. The third-order valence-electron chi connectivity index (χ3n) is 4.21. The molecule has 1 aliphatic rings. The number of sulfonamides is 1. The lowest BCUT2D eigenvalue weighted by Crippen LogP contribution is -2.35. The fraction of sp³-hybridized carbons (Fsp3) is 0.500. The van der Waals surface area contributed by atoms with Crippen LogP contribution in [0.25, 0.3) is 0 Å². The third kappa shape index (κ3) is 3.43. The summed E-state index contributed by atoms with van der Waals surface area (Å²) in [5, 5.41) is 4.28. The average Bonchev–Trinajstić information content (AvgIpc) is 2.73. The highest BCUT2D eigenvalue weighted by Gasteiger charge is 2.30. The average molecular weight is 386 g/mol. The number of nitrogens with zero attached hydrogens (tertiary/aromatic N) is 4. The number of halogens is 2. The number of aromatic nitrogens is 3. The summed E-state index contributed by atoms with van der Waals surface area (Å²) in [5.41, 5.74) is -0.287. The van der Waals surface area contributed by atoms with Crippen LogP contribution in [-0.2, 0) is 29.5 Å². The van der Waals surface area contributed by atoms with Gasteiger partial charge >= 0.3 is 5.69 Å². The van der Waals surface area contributed by atoms with Gasteiger partial charge in [-0.1, -0.05) is 13.8 Å². The van der Waals surface area contributed by atoms with Crippen molar-refractivity contribution in [2.24, 2.45) is 5.92 Å². The van der Waals surface area contributed by atoms with E-state index in [1.165, 1.54) is 9.25 Å². The number of benzene rings is 1. The predicted octanol–water partition coefficient (Wildman–Crippen LogP) is 1.23. The van der Waals surface area contributed by atoms with Gasteiger partial charge in [0.15, 0.2) is 0 Å². The van der Waals surface area contributed by atoms with E-state index in [9.17, 15) is 22.0 Å². The van der Waals surface area contributed by atoms with Crippen LogP contribution in [0.5, 0.6) is 0 Å². The van der Waals surface area contributed by atoms with Crippen LogP contribution in [0, 0.1) is 17.6 Å². The SMILES string of the molecule is CC(C)Cn1nc2n(c1=O)CCN(S(=O)(=O)c1cc(F)ccc1F)CC2. The molecule has 1 aromatic heterocycles. The van der Waals surface area contributed by atoms with Crippen molar-refractivity contribution in [3.05, 3.63) is 46.1 Å². The van der Waals surface area contributed by atoms with E-state index in [1.54, 1.807) is 0 Å². The molecule has 0 spiro atoms. The molecule has 10 heteroatoms. The highest BCUT2D eigenvalue weighted by molar-refractivity contribution is 7.89. The zero-order chi connectivity index (χ0) is 19.1. The standard InChI is InChI=1S/C16H20F2N4O3S/c1-11(2)10-22-16(23)21-8-7-20(6-5-15(21)19-22)26(24,25)14-9-12(17)3-4-13(14)18/h3-4,9,11H,5-8,10H2,1-2H3. The summed E-state index contributed by atoms with van der Waals surface area (Å²) in [6, 6.07) is 2.32. The minimum atomic E-state index is -4.21. The molecule has 0 bridgehead atoms. The van der Waals surface area contributed by atoms with Crippen molar-refractivity contribution < 1.29 is 17.2 Å². The van der Waals surface area contributed by atoms with Gasteiger partial charge in [0.25, 0.3) is 0 Å². The van der Waals surface area contributed by atoms with E-state index in [0.29, 0.717) is 18.4 Å². The summed E-state index contributed by atoms with van der Waals surface area (Å²) in [4.78, 5) is 11.7. The van der Waals surface area contributed by atoms with E-state index in [1.807, 2.05) is 13.8 Å². The number of fused-ring (bicyclic) bond motifs is 1. The van der Waals surface area contributed by atoms with E-state index in [0.717, 1.165) is 16.4 Å². The van der Waals surface area contributed by atoms with Crippen LogP contribution in [0.15, 0.2) is 27.9 Å². The van der Waals surface area contributed by atoms with Gasteiger partial charge in [-0.2, -0.15) is 9.40 Å². The van der Waals surface area contributed by atoms with Gasteiger partial charge in [0, 0.05) is 32.6 Å². The van der Waals surface area contributed by atoms with Gasteiger partial charge in [-0.3, -0.25) is 4.57 Å². The Hall–Kier alpha value is -2.07. The maximum Gasteiger partial charge on any atom is 0.345 e. The van der Waals surface area contributed by atoms with Crippen molar-refractivity contribution >= 4 is 10.0 Å². The Morgan fingerprint density at radius 1 is 1.19 bits per heavy atom.